The topological polar surface area (TPSA) is 58.4 Å². The molecule has 1 aliphatic carbocycles. The highest BCUT2D eigenvalue weighted by Crippen LogP contribution is 2.30. The zero-order valence-electron chi connectivity index (χ0n) is 12.2. The van der Waals surface area contributed by atoms with Crippen molar-refractivity contribution in [2.75, 3.05) is 19.6 Å². The maximum absolute atomic E-state index is 11.8. The number of nitrogens with one attached hydrogen (secondary N) is 1. The van der Waals surface area contributed by atoms with Crippen LogP contribution in [0.2, 0.25) is 0 Å². The number of amides is 1. The Labute approximate surface area is 117 Å². The number of carbonyl (C=O) groups is 1. The summed E-state index contributed by atoms with van der Waals surface area (Å²) in [6.45, 7) is 4.90. The molecule has 1 amide bonds. The van der Waals surface area contributed by atoms with Crippen LogP contribution in [-0.2, 0) is 4.79 Å². The van der Waals surface area contributed by atoms with E-state index in [1.807, 2.05) is 0 Å². The molecule has 3 atom stereocenters. The van der Waals surface area contributed by atoms with Crippen LogP contribution in [0.4, 0.5) is 0 Å². The summed E-state index contributed by atoms with van der Waals surface area (Å²) >= 11 is 0. The first-order valence-electron chi connectivity index (χ1n) is 7.98. The van der Waals surface area contributed by atoms with E-state index >= 15 is 0 Å². The van der Waals surface area contributed by atoms with Crippen LogP contribution < -0.4 is 11.1 Å². The summed E-state index contributed by atoms with van der Waals surface area (Å²) < 4.78 is 0. The van der Waals surface area contributed by atoms with E-state index < -0.39 is 0 Å². The Hall–Kier alpha value is -0.610. The molecule has 1 heterocycles. The number of nitrogens with zero attached hydrogens (tertiary/aromatic N) is 1. The van der Waals surface area contributed by atoms with E-state index in [1.165, 1.54) is 25.7 Å². The molecular formula is C15H29N3O. The fourth-order valence-corrected chi connectivity index (χ4v) is 3.90. The van der Waals surface area contributed by atoms with Gasteiger partial charge in [0.15, 0.2) is 0 Å². The molecule has 4 heteroatoms. The van der Waals surface area contributed by atoms with Crippen molar-refractivity contribution >= 4 is 5.91 Å². The first-order chi connectivity index (χ1) is 9.26. The Morgan fingerprint density at radius 3 is 2.79 bits per heavy atom. The average Bonchev–Trinajstić information content (AvgIpc) is 2.65. The van der Waals surface area contributed by atoms with Crippen molar-refractivity contribution in [3.05, 3.63) is 0 Å². The second kappa shape index (κ2) is 7.25. The zero-order chi connectivity index (χ0) is 13.7. The first-order valence-corrected chi connectivity index (χ1v) is 7.98. The van der Waals surface area contributed by atoms with Gasteiger partial charge in [-0.15, -0.1) is 0 Å². The number of nitrogens with two attached hydrogens (primary N) is 1. The summed E-state index contributed by atoms with van der Waals surface area (Å²) in [7, 11) is 0. The second-order valence-corrected chi connectivity index (χ2v) is 6.03. The average molecular weight is 267 g/mol. The van der Waals surface area contributed by atoms with Crippen LogP contribution in [0.3, 0.4) is 0 Å². The van der Waals surface area contributed by atoms with Gasteiger partial charge in [0, 0.05) is 25.0 Å². The smallest absolute Gasteiger partial charge is 0.221 e. The van der Waals surface area contributed by atoms with E-state index in [-0.39, 0.29) is 5.91 Å². The molecule has 2 aliphatic rings. The fraction of sp³-hybridized carbons (Fsp3) is 0.933. The highest BCUT2D eigenvalue weighted by atomic mass is 16.1. The molecule has 0 aromatic carbocycles. The van der Waals surface area contributed by atoms with Crippen LogP contribution in [0.1, 0.15) is 51.9 Å². The molecule has 2 rings (SSSR count). The fourth-order valence-electron chi connectivity index (χ4n) is 3.90. The van der Waals surface area contributed by atoms with Gasteiger partial charge in [0.25, 0.3) is 0 Å². The lowest BCUT2D eigenvalue weighted by atomic mass is 9.82. The zero-order valence-corrected chi connectivity index (χ0v) is 12.2. The Balaban J connectivity index is 2.06. The van der Waals surface area contributed by atoms with Crippen molar-refractivity contribution in [2.45, 2.75) is 64.0 Å². The minimum absolute atomic E-state index is 0.223. The Kier molecular flexibility index (Phi) is 5.64. The molecule has 0 radical (unpaired) electrons. The lowest BCUT2D eigenvalue weighted by molar-refractivity contribution is -0.122. The van der Waals surface area contributed by atoms with Gasteiger partial charge in [-0.3, -0.25) is 9.69 Å². The van der Waals surface area contributed by atoms with Gasteiger partial charge in [-0.1, -0.05) is 19.8 Å². The highest BCUT2D eigenvalue weighted by Gasteiger charge is 2.33. The maximum Gasteiger partial charge on any atom is 0.221 e. The van der Waals surface area contributed by atoms with E-state index in [2.05, 4.69) is 17.1 Å². The molecule has 0 aromatic heterocycles. The molecule has 1 aliphatic heterocycles. The van der Waals surface area contributed by atoms with Crippen LogP contribution >= 0.6 is 0 Å². The van der Waals surface area contributed by atoms with Gasteiger partial charge in [0.2, 0.25) is 5.91 Å². The van der Waals surface area contributed by atoms with Crippen molar-refractivity contribution in [1.29, 1.82) is 0 Å². The molecule has 110 valence electrons. The van der Waals surface area contributed by atoms with E-state index in [0.717, 1.165) is 32.5 Å². The normalized spacial score (nSPS) is 33.0. The molecule has 3 N–H and O–H groups in total. The monoisotopic (exact) mass is 267 g/mol. The van der Waals surface area contributed by atoms with Crippen molar-refractivity contribution < 1.29 is 4.79 Å². The third-order valence-corrected chi connectivity index (χ3v) is 4.89. The van der Waals surface area contributed by atoms with E-state index in [9.17, 15) is 4.79 Å². The molecule has 19 heavy (non-hydrogen) atoms. The van der Waals surface area contributed by atoms with Gasteiger partial charge < -0.3 is 11.1 Å². The standard InChI is InChI=1S/C15H29N3O/c1-2-18(13-7-5-9-17-15(19)10-13)14-8-4-3-6-12(14)11-16/h12-14H,2-11,16H2,1H3,(H,17,19). The summed E-state index contributed by atoms with van der Waals surface area (Å²) in [4.78, 5) is 14.4. The van der Waals surface area contributed by atoms with Crippen LogP contribution in [-0.4, -0.2) is 42.5 Å². The molecule has 2 fully saturated rings. The largest absolute Gasteiger partial charge is 0.356 e. The van der Waals surface area contributed by atoms with Crippen LogP contribution in [0.5, 0.6) is 0 Å². The number of carbonyl (C=O) groups excluding carboxylic acids is 1. The SMILES string of the molecule is CCN(C1CCCNC(=O)C1)C1CCCCC1CN. The third kappa shape index (κ3) is 3.69. The van der Waals surface area contributed by atoms with E-state index in [4.69, 9.17) is 5.73 Å². The Bertz CT molecular complexity index is 295. The van der Waals surface area contributed by atoms with Gasteiger partial charge in [0.05, 0.1) is 0 Å². The van der Waals surface area contributed by atoms with Crippen LogP contribution in [0.15, 0.2) is 0 Å². The van der Waals surface area contributed by atoms with Gasteiger partial charge in [0.1, 0.15) is 0 Å². The van der Waals surface area contributed by atoms with Crippen molar-refractivity contribution in [3.63, 3.8) is 0 Å². The van der Waals surface area contributed by atoms with E-state index in [0.29, 0.717) is 24.4 Å². The molecule has 1 saturated heterocycles. The molecule has 0 spiro atoms. The lowest BCUT2D eigenvalue weighted by Gasteiger charge is -2.43. The Morgan fingerprint density at radius 1 is 1.26 bits per heavy atom. The van der Waals surface area contributed by atoms with Crippen molar-refractivity contribution in [1.82, 2.24) is 10.2 Å². The summed E-state index contributed by atoms with van der Waals surface area (Å²) in [6.07, 6.45) is 8.07. The number of hydrogen-bond donors (Lipinski definition) is 2. The lowest BCUT2D eigenvalue weighted by Crippen LogP contribution is -2.50. The number of rotatable bonds is 4. The van der Waals surface area contributed by atoms with Gasteiger partial charge in [-0.25, -0.2) is 0 Å². The van der Waals surface area contributed by atoms with Gasteiger partial charge >= 0.3 is 0 Å². The van der Waals surface area contributed by atoms with Crippen molar-refractivity contribution in [2.24, 2.45) is 11.7 Å². The van der Waals surface area contributed by atoms with Crippen LogP contribution in [0, 0.1) is 5.92 Å². The van der Waals surface area contributed by atoms with Crippen LogP contribution in [0.25, 0.3) is 0 Å². The predicted octanol–water partition coefficient (Wildman–Crippen LogP) is 1.49. The molecule has 0 bridgehead atoms. The Morgan fingerprint density at radius 2 is 2.05 bits per heavy atom. The maximum atomic E-state index is 11.8. The quantitative estimate of drug-likeness (QED) is 0.811. The third-order valence-electron chi connectivity index (χ3n) is 4.89. The highest BCUT2D eigenvalue weighted by molar-refractivity contribution is 5.76. The van der Waals surface area contributed by atoms with Gasteiger partial charge in [-0.2, -0.15) is 0 Å². The minimum Gasteiger partial charge on any atom is -0.356 e. The molecule has 3 unspecified atom stereocenters. The predicted molar refractivity (Wildman–Crippen MR) is 77.8 cm³/mol. The summed E-state index contributed by atoms with van der Waals surface area (Å²) in [6, 6.07) is 1.02. The summed E-state index contributed by atoms with van der Waals surface area (Å²) in [5.74, 6) is 0.848. The molecular weight excluding hydrogens is 238 g/mol. The second-order valence-electron chi connectivity index (χ2n) is 6.03. The van der Waals surface area contributed by atoms with Crippen molar-refractivity contribution in [3.8, 4) is 0 Å². The summed E-state index contributed by atoms with van der Waals surface area (Å²) in [5, 5.41) is 2.99. The van der Waals surface area contributed by atoms with Gasteiger partial charge in [-0.05, 0) is 44.7 Å². The minimum atomic E-state index is 0.223. The number of hydrogen-bond acceptors (Lipinski definition) is 3. The first kappa shape index (κ1) is 14.8. The molecule has 1 saturated carbocycles. The molecule has 0 aromatic rings. The summed E-state index contributed by atoms with van der Waals surface area (Å²) in [5.41, 5.74) is 5.97. The van der Waals surface area contributed by atoms with E-state index in [1.54, 1.807) is 0 Å². The molecule has 4 nitrogen and oxygen atoms in total.